The molecule has 0 spiro atoms. The van der Waals surface area contributed by atoms with Gasteiger partial charge in [-0.15, -0.1) is 24.9 Å². The van der Waals surface area contributed by atoms with E-state index in [1.165, 1.54) is 0 Å². The topological polar surface area (TPSA) is 49.3 Å². The minimum absolute atomic E-state index is 0.0345. The summed E-state index contributed by atoms with van der Waals surface area (Å²) < 4.78 is 0. The first-order chi connectivity index (χ1) is 9.65. The van der Waals surface area contributed by atoms with Crippen LogP contribution in [0.15, 0.2) is 37.4 Å². The predicted octanol–water partition coefficient (Wildman–Crippen LogP) is 2.58. The molecule has 1 aliphatic heterocycles. The molecule has 1 amide bonds. The molecule has 20 heavy (non-hydrogen) atoms. The summed E-state index contributed by atoms with van der Waals surface area (Å²) in [5, 5.41) is 13.0. The van der Waals surface area contributed by atoms with E-state index in [4.69, 9.17) is 0 Å². The first-order valence-electron chi connectivity index (χ1n) is 6.60. The summed E-state index contributed by atoms with van der Waals surface area (Å²) in [6.45, 7) is 7.44. The number of hydrogen-bond donors (Lipinski definition) is 2. The van der Waals surface area contributed by atoms with Gasteiger partial charge in [0.2, 0.25) is 5.91 Å². The summed E-state index contributed by atoms with van der Waals surface area (Å²) in [7, 11) is 0. The molecule has 2 N–H and O–H groups in total. The maximum atomic E-state index is 11.7. The molecule has 0 aliphatic carbocycles. The van der Waals surface area contributed by atoms with Gasteiger partial charge in [-0.25, -0.2) is 0 Å². The molecule has 1 aromatic carbocycles. The third-order valence-corrected chi connectivity index (χ3v) is 4.39. The minimum Gasteiger partial charge on any atom is -0.507 e. The van der Waals surface area contributed by atoms with E-state index in [2.05, 4.69) is 18.5 Å². The van der Waals surface area contributed by atoms with Crippen molar-refractivity contribution in [1.29, 1.82) is 0 Å². The zero-order valence-electron chi connectivity index (χ0n) is 11.4. The highest BCUT2D eigenvalue weighted by atomic mass is 32.2. The SMILES string of the molecule is C=CCc1cc(CC2SCNC2=O)cc(CC=C)c1O. The van der Waals surface area contributed by atoms with Crippen molar-refractivity contribution in [2.24, 2.45) is 0 Å². The molecule has 1 heterocycles. The van der Waals surface area contributed by atoms with Crippen molar-refractivity contribution in [1.82, 2.24) is 5.32 Å². The van der Waals surface area contributed by atoms with E-state index >= 15 is 0 Å². The van der Waals surface area contributed by atoms with E-state index in [1.54, 1.807) is 23.9 Å². The van der Waals surface area contributed by atoms with Gasteiger partial charge in [-0.2, -0.15) is 0 Å². The molecule has 3 nitrogen and oxygen atoms in total. The second-order valence-corrected chi connectivity index (χ2v) is 5.98. The van der Waals surface area contributed by atoms with Gasteiger partial charge in [-0.1, -0.05) is 24.3 Å². The number of hydrogen-bond acceptors (Lipinski definition) is 3. The van der Waals surface area contributed by atoms with E-state index in [9.17, 15) is 9.90 Å². The molecule has 0 aromatic heterocycles. The van der Waals surface area contributed by atoms with Crippen molar-refractivity contribution in [2.75, 3.05) is 5.88 Å². The number of nitrogens with one attached hydrogen (secondary N) is 1. The van der Waals surface area contributed by atoms with Gasteiger partial charge in [0, 0.05) is 0 Å². The second kappa shape index (κ2) is 6.66. The molecule has 2 rings (SSSR count). The summed E-state index contributed by atoms with van der Waals surface area (Å²) in [6, 6.07) is 3.94. The minimum atomic E-state index is -0.0345. The second-order valence-electron chi connectivity index (χ2n) is 4.79. The molecular weight excluding hydrogens is 270 g/mol. The van der Waals surface area contributed by atoms with Gasteiger partial charge in [-0.3, -0.25) is 4.79 Å². The molecule has 0 saturated carbocycles. The maximum Gasteiger partial charge on any atom is 0.234 e. The van der Waals surface area contributed by atoms with Crippen LogP contribution in [0, 0.1) is 0 Å². The molecule has 1 atom stereocenters. The molecule has 1 fully saturated rings. The molecule has 0 radical (unpaired) electrons. The van der Waals surface area contributed by atoms with Gasteiger partial charge >= 0.3 is 0 Å². The van der Waals surface area contributed by atoms with Crippen LogP contribution in [0.2, 0.25) is 0 Å². The number of carbonyl (C=O) groups excluding carboxylic acids is 1. The Morgan fingerprint density at radius 2 is 1.90 bits per heavy atom. The van der Waals surface area contributed by atoms with Crippen LogP contribution in [0.4, 0.5) is 0 Å². The Hall–Kier alpha value is -1.68. The maximum absolute atomic E-state index is 11.7. The number of allylic oxidation sites excluding steroid dienone is 2. The number of thioether (sulfide) groups is 1. The zero-order valence-corrected chi connectivity index (χ0v) is 12.2. The van der Waals surface area contributed by atoms with E-state index < -0.39 is 0 Å². The van der Waals surface area contributed by atoms with Crippen LogP contribution in [-0.2, 0) is 24.1 Å². The van der Waals surface area contributed by atoms with E-state index in [1.807, 2.05) is 12.1 Å². The molecule has 1 aromatic rings. The number of rotatable bonds is 6. The molecule has 106 valence electrons. The van der Waals surface area contributed by atoms with Gasteiger partial charge in [0.15, 0.2) is 0 Å². The van der Waals surface area contributed by atoms with Gasteiger partial charge in [0.05, 0.1) is 11.1 Å². The lowest BCUT2D eigenvalue weighted by Crippen LogP contribution is -2.24. The van der Waals surface area contributed by atoms with Crippen LogP contribution in [0.1, 0.15) is 16.7 Å². The van der Waals surface area contributed by atoms with E-state index in [0.29, 0.717) is 30.9 Å². The molecular formula is C16H19NO2S. The third kappa shape index (κ3) is 3.25. The van der Waals surface area contributed by atoms with E-state index in [0.717, 1.165) is 16.7 Å². The lowest BCUT2D eigenvalue weighted by atomic mass is 9.97. The van der Waals surface area contributed by atoms with Crippen LogP contribution < -0.4 is 5.32 Å². The fourth-order valence-electron chi connectivity index (χ4n) is 2.34. The average molecular weight is 289 g/mol. The van der Waals surface area contributed by atoms with Gasteiger partial charge in [0.1, 0.15) is 5.75 Å². The Kier molecular flexibility index (Phi) is 4.90. The predicted molar refractivity (Wildman–Crippen MR) is 84.0 cm³/mol. The monoisotopic (exact) mass is 289 g/mol. The van der Waals surface area contributed by atoms with Gasteiger partial charge in [0.25, 0.3) is 0 Å². The fourth-order valence-corrected chi connectivity index (χ4v) is 3.31. The quantitative estimate of drug-likeness (QED) is 0.791. The van der Waals surface area contributed by atoms with E-state index in [-0.39, 0.29) is 11.2 Å². The Balaban J connectivity index is 2.29. The number of phenols is 1. The smallest absolute Gasteiger partial charge is 0.234 e. The van der Waals surface area contributed by atoms with Gasteiger partial charge < -0.3 is 10.4 Å². The highest BCUT2D eigenvalue weighted by molar-refractivity contribution is 8.01. The van der Waals surface area contributed by atoms with Crippen molar-refractivity contribution < 1.29 is 9.90 Å². The van der Waals surface area contributed by atoms with Crippen molar-refractivity contribution in [2.45, 2.75) is 24.5 Å². The molecule has 1 unspecified atom stereocenters. The van der Waals surface area contributed by atoms with Crippen LogP contribution in [0.5, 0.6) is 5.75 Å². The molecule has 4 heteroatoms. The molecule has 1 saturated heterocycles. The molecule has 1 aliphatic rings. The average Bonchev–Trinajstić information content (AvgIpc) is 2.81. The van der Waals surface area contributed by atoms with Crippen molar-refractivity contribution in [3.63, 3.8) is 0 Å². The van der Waals surface area contributed by atoms with Crippen LogP contribution in [0.3, 0.4) is 0 Å². The largest absolute Gasteiger partial charge is 0.507 e. The Morgan fingerprint density at radius 1 is 1.30 bits per heavy atom. The highest BCUT2D eigenvalue weighted by Crippen LogP contribution is 2.29. The fraction of sp³-hybridized carbons (Fsp3) is 0.312. The Morgan fingerprint density at radius 3 is 2.35 bits per heavy atom. The lowest BCUT2D eigenvalue weighted by Gasteiger charge is -2.13. The first kappa shape index (κ1) is 14.7. The van der Waals surface area contributed by atoms with Gasteiger partial charge in [-0.05, 0) is 36.0 Å². The summed E-state index contributed by atoms with van der Waals surface area (Å²) in [5.74, 6) is 1.09. The van der Waals surface area contributed by atoms with Crippen LogP contribution in [-0.4, -0.2) is 22.1 Å². The number of amides is 1. The number of carbonyl (C=O) groups is 1. The van der Waals surface area contributed by atoms with Crippen LogP contribution >= 0.6 is 11.8 Å². The Bertz CT molecular complexity index is 508. The molecule has 0 bridgehead atoms. The zero-order chi connectivity index (χ0) is 14.5. The van der Waals surface area contributed by atoms with Crippen molar-refractivity contribution in [3.8, 4) is 5.75 Å². The van der Waals surface area contributed by atoms with Crippen LogP contribution in [0.25, 0.3) is 0 Å². The van der Waals surface area contributed by atoms with Crippen molar-refractivity contribution in [3.05, 3.63) is 54.1 Å². The highest BCUT2D eigenvalue weighted by Gasteiger charge is 2.25. The Labute approximate surface area is 123 Å². The summed E-state index contributed by atoms with van der Waals surface area (Å²) in [5.41, 5.74) is 2.79. The summed E-state index contributed by atoms with van der Waals surface area (Å²) in [6.07, 6.45) is 5.47. The normalized spacial score (nSPS) is 17.8. The lowest BCUT2D eigenvalue weighted by molar-refractivity contribution is -0.119. The number of phenolic OH excluding ortho intramolecular Hbond substituents is 1. The first-order valence-corrected chi connectivity index (χ1v) is 7.65. The summed E-state index contributed by atoms with van der Waals surface area (Å²) in [4.78, 5) is 11.7. The standard InChI is InChI=1S/C16H19NO2S/c1-3-5-12-7-11(8-13(6-4-2)15(12)18)9-14-16(19)17-10-20-14/h3-4,7-8,14,18H,1-2,5-6,9-10H2,(H,17,19). The number of aromatic hydroxyl groups is 1. The third-order valence-electron chi connectivity index (χ3n) is 3.30. The van der Waals surface area contributed by atoms with Crippen molar-refractivity contribution >= 4 is 17.7 Å². The number of benzene rings is 1. The summed E-state index contributed by atoms with van der Waals surface area (Å²) >= 11 is 1.62.